The fraction of sp³-hybridized carbons (Fsp3) is 0.571. The summed E-state index contributed by atoms with van der Waals surface area (Å²) in [6, 6.07) is 0. The Balaban J connectivity index is 2.11. The minimum Gasteiger partial charge on any atom is -0.177 e. The van der Waals surface area contributed by atoms with Crippen LogP contribution >= 0.6 is 0 Å². The van der Waals surface area contributed by atoms with E-state index in [4.69, 9.17) is 0 Å². The summed E-state index contributed by atoms with van der Waals surface area (Å²) in [5, 5.41) is 13.9. The number of tetrazole rings is 1. The third-order valence-electron chi connectivity index (χ3n) is 2.00. The highest BCUT2D eigenvalue weighted by molar-refractivity contribution is 5.01. The van der Waals surface area contributed by atoms with Crippen molar-refractivity contribution in [3.05, 3.63) is 18.0 Å². The minimum absolute atomic E-state index is 0.485. The minimum atomic E-state index is 0.485. The first-order valence-corrected chi connectivity index (χ1v) is 3.85. The Kier molecular flexibility index (Phi) is 1.67. The molecular weight excluding hydrogens is 140 g/mol. The number of nitrogens with one attached hydrogen (secondary N) is 1. The summed E-state index contributed by atoms with van der Waals surface area (Å²) in [5.74, 6) is 1.34. The van der Waals surface area contributed by atoms with Crippen LogP contribution < -0.4 is 0 Å². The summed E-state index contributed by atoms with van der Waals surface area (Å²) in [6.45, 7) is 0. The predicted molar refractivity (Wildman–Crippen MR) is 39.9 cm³/mol. The third-order valence-corrected chi connectivity index (χ3v) is 2.00. The molecule has 0 bridgehead atoms. The summed E-state index contributed by atoms with van der Waals surface area (Å²) in [4.78, 5) is 0. The maximum absolute atomic E-state index is 3.96. The Morgan fingerprint density at radius 2 is 2.45 bits per heavy atom. The number of hydrogen-bond acceptors (Lipinski definition) is 3. The van der Waals surface area contributed by atoms with Gasteiger partial charge < -0.3 is 0 Å². The van der Waals surface area contributed by atoms with Crippen molar-refractivity contribution < 1.29 is 0 Å². The molecule has 2 rings (SSSR count). The quantitative estimate of drug-likeness (QED) is 0.608. The second kappa shape index (κ2) is 2.82. The van der Waals surface area contributed by atoms with Crippen molar-refractivity contribution in [3.63, 3.8) is 0 Å². The van der Waals surface area contributed by atoms with Gasteiger partial charge in [-0.3, -0.25) is 0 Å². The van der Waals surface area contributed by atoms with E-state index in [9.17, 15) is 0 Å². The Hall–Kier alpha value is -1.19. The lowest BCUT2D eigenvalue weighted by Crippen LogP contribution is -2.02. The highest BCUT2D eigenvalue weighted by atomic mass is 15.5. The summed E-state index contributed by atoms with van der Waals surface area (Å²) in [6.07, 6.45) is 7.73. The first-order chi connectivity index (χ1) is 5.47. The van der Waals surface area contributed by atoms with Gasteiger partial charge in [0, 0.05) is 5.92 Å². The summed E-state index contributed by atoms with van der Waals surface area (Å²) in [5.41, 5.74) is 0. The molecule has 1 aromatic heterocycles. The standard InChI is InChI=1S/C7H10N4/c1-2-4-6(5-3-1)7-8-10-11-9-7/h1-2,6H,3-5H2,(H,8,9,10,11). The zero-order valence-electron chi connectivity index (χ0n) is 6.20. The smallest absolute Gasteiger partial charge is 0.177 e. The molecule has 1 unspecified atom stereocenters. The number of aromatic amines is 1. The number of H-pyrrole nitrogens is 1. The molecule has 58 valence electrons. The van der Waals surface area contributed by atoms with Crippen LogP contribution in [0.4, 0.5) is 0 Å². The van der Waals surface area contributed by atoms with E-state index in [1.54, 1.807) is 0 Å². The molecule has 0 amide bonds. The van der Waals surface area contributed by atoms with Crippen LogP contribution in [0.1, 0.15) is 31.0 Å². The zero-order valence-corrected chi connectivity index (χ0v) is 6.20. The number of hydrogen-bond donors (Lipinski definition) is 1. The molecule has 4 nitrogen and oxygen atoms in total. The number of allylic oxidation sites excluding steroid dienone is 2. The molecular formula is C7H10N4. The van der Waals surface area contributed by atoms with Gasteiger partial charge in [-0.05, 0) is 19.3 Å². The van der Waals surface area contributed by atoms with Crippen LogP contribution in [0.5, 0.6) is 0 Å². The van der Waals surface area contributed by atoms with Crippen molar-refractivity contribution in [3.8, 4) is 0 Å². The molecule has 0 fully saturated rings. The molecule has 0 saturated carbocycles. The number of aromatic nitrogens is 4. The molecule has 0 aliphatic heterocycles. The van der Waals surface area contributed by atoms with Crippen molar-refractivity contribution in [2.45, 2.75) is 25.2 Å². The Bertz CT molecular complexity index is 239. The van der Waals surface area contributed by atoms with E-state index in [1.807, 2.05) is 0 Å². The van der Waals surface area contributed by atoms with Gasteiger partial charge in [-0.2, -0.15) is 5.21 Å². The highest BCUT2D eigenvalue weighted by Crippen LogP contribution is 2.25. The lowest BCUT2D eigenvalue weighted by molar-refractivity contribution is 0.583. The van der Waals surface area contributed by atoms with Crippen LogP contribution in [0.15, 0.2) is 12.2 Å². The lowest BCUT2D eigenvalue weighted by Gasteiger charge is -2.12. The molecule has 0 spiro atoms. The monoisotopic (exact) mass is 150 g/mol. The average Bonchev–Trinajstić information content (AvgIpc) is 2.58. The molecule has 1 aliphatic rings. The zero-order chi connectivity index (χ0) is 7.52. The summed E-state index contributed by atoms with van der Waals surface area (Å²) < 4.78 is 0. The Morgan fingerprint density at radius 3 is 3.09 bits per heavy atom. The molecule has 1 atom stereocenters. The fourth-order valence-corrected chi connectivity index (χ4v) is 1.37. The van der Waals surface area contributed by atoms with Crippen LogP contribution in [0.3, 0.4) is 0 Å². The topological polar surface area (TPSA) is 54.5 Å². The van der Waals surface area contributed by atoms with Gasteiger partial charge >= 0.3 is 0 Å². The van der Waals surface area contributed by atoms with Crippen LogP contribution in [0, 0.1) is 0 Å². The van der Waals surface area contributed by atoms with Gasteiger partial charge in [0.15, 0.2) is 5.82 Å². The van der Waals surface area contributed by atoms with Crippen LogP contribution in [0.25, 0.3) is 0 Å². The Morgan fingerprint density at radius 1 is 1.45 bits per heavy atom. The van der Waals surface area contributed by atoms with Gasteiger partial charge in [0.25, 0.3) is 0 Å². The van der Waals surface area contributed by atoms with E-state index in [0.717, 1.165) is 25.1 Å². The lowest BCUT2D eigenvalue weighted by atomic mass is 9.94. The molecule has 11 heavy (non-hydrogen) atoms. The second-order valence-electron chi connectivity index (χ2n) is 2.75. The second-order valence-corrected chi connectivity index (χ2v) is 2.75. The molecule has 0 aromatic carbocycles. The van der Waals surface area contributed by atoms with Crippen LogP contribution in [-0.4, -0.2) is 20.6 Å². The van der Waals surface area contributed by atoms with E-state index in [2.05, 4.69) is 32.8 Å². The van der Waals surface area contributed by atoms with Gasteiger partial charge in [0.2, 0.25) is 0 Å². The molecule has 0 saturated heterocycles. The van der Waals surface area contributed by atoms with E-state index in [-0.39, 0.29) is 0 Å². The van der Waals surface area contributed by atoms with Gasteiger partial charge in [-0.15, -0.1) is 10.2 Å². The molecule has 1 aromatic rings. The molecule has 1 aliphatic carbocycles. The fourth-order valence-electron chi connectivity index (χ4n) is 1.37. The Labute approximate surface area is 64.7 Å². The van der Waals surface area contributed by atoms with Crippen LogP contribution in [0.2, 0.25) is 0 Å². The van der Waals surface area contributed by atoms with Crippen molar-refractivity contribution >= 4 is 0 Å². The third kappa shape index (κ3) is 1.29. The molecule has 1 heterocycles. The van der Waals surface area contributed by atoms with Crippen molar-refractivity contribution in [2.75, 3.05) is 0 Å². The van der Waals surface area contributed by atoms with E-state index >= 15 is 0 Å². The van der Waals surface area contributed by atoms with Crippen molar-refractivity contribution in [1.29, 1.82) is 0 Å². The average molecular weight is 150 g/mol. The summed E-state index contributed by atoms with van der Waals surface area (Å²) in [7, 11) is 0. The molecule has 1 N–H and O–H groups in total. The van der Waals surface area contributed by atoms with E-state index < -0.39 is 0 Å². The van der Waals surface area contributed by atoms with Gasteiger partial charge in [-0.1, -0.05) is 17.4 Å². The van der Waals surface area contributed by atoms with Crippen molar-refractivity contribution in [1.82, 2.24) is 20.6 Å². The predicted octanol–water partition coefficient (Wildman–Crippen LogP) is 1.02. The van der Waals surface area contributed by atoms with Crippen molar-refractivity contribution in [2.24, 2.45) is 0 Å². The largest absolute Gasteiger partial charge is 0.177 e. The van der Waals surface area contributed by atoms with Crippen LogP contribution in [-0.2, 0) is 0 Å². The van der Waals surface area contributed by atoms with Gasteiger partial charge in [0.1, 0.15) is 0 Å². The molecule has 0 radical (unpaired) electrons. The highest BCUT2D eigenvalue weighted by Gasteiger charge is 2.15. The van der Waals surface area contributed by atoms with E-state index in [1.165, 1.54) is 0 Å². The SMILES string of the molecule is C1=CCC(c2nn[nH]n2)CC1. The maximum Gasteiger partial charge on any atom is 0.177 e. The summed E-state index contributed by atoms with van der Waals surface area (Å²) >= 11 is 0. The first kappa shape index (κ1) is 6.52. The first-order valence-electron chi connectivity index (χ1n) is 3.85. The maximum atomic E-state index is 3.96. The normalized spacial score (nSPS) is 23.8. The number of rotatable bonds is 1. The number of nitrogens with zero attached hydrogens (tertiary/aromatic N) is 3. The molecule has 4 heteroatoms. The van der Waals surface area contributed by atoms with E-state index in [0.29, 0.717) is 5.92 Å². The van der Waals surface area contributed by atoms with Gasteiger partial charge in [0.05, 0.1) is 0 Å². The van der Waals surface area contributed by atoms with Gasteiger partial charge in [-0.25, -0.2) is 0 Å².